The summed E-state index contributed by atoms with van der Waals surface area (Å²) < 4.78 is 6.43. The van der Waals surface area contributed by atoms with Crippen molar-refractivity contribution >= 4 is 11.6 Å². The number of amides is 1. The third-order valence-corrected chi connectivity index (χ3v) is 2.99. The molecule has 0 spiro atoms. The molecule has 1 unspecified atom stereocenters. The number of unbranched alkanes of at least 4 members (excludes halogenated alkanes) is 1. The molecule has 0 aliphatic rings. The van der Waals surface area contributed by atoms with Gasteiger partial charge in [-0.2, -0.15) is 0 Å². The highest BCUT2D eigenvalue weighted by atomic mass is 16.5. The third kappa shape index (κ3) is 5.14. The van der Waals surface area contributed by atoms with E-state index in [1.54, 1.807) is 19.4 Å². The van der Waals surface area contributed by atoms with Crippen LogP contribution in [0.25, 0.3) is 0 Å². The minimum atomic E-state index is -0.519. The summed E-state index contributed by atoms with van der Waals surface area (Å²) in [4.78, 5) is 23.5. The first-order valence-electron chi connectivity index (χ1n) is 6.84. The molecule has 6 heteroatoms. The maximum absolute atomic E-state index is 11.9. The van der Waals surface area contributed by atoms with E-state index in [-0.39, 0.29) is 11.5 Å². The van der Waals surface area contributed by atoms with Crippen LogP contribution in [0.4, 0.5) is 5.69 Å². The van der Waals surface area contributed by atoms with Gasteiger partial charge in [-0.25, -0.2) is 0 Å². The summed E-state index contributed by atoms with van der Waals surface area (Å²) in [6.07, 6.45) is 4.18. The number of carbonyl (C=O) groups is 1. The average molecular weight is 281 g/mol. The Hall–Kier alpha value is -1.66. The van der Waals surface area contributed by atoms with Crippen LogP contribution < -0.4 is 16.6 Å². The zero-order chi connectivity index (χ0) is 15.0. The normalized spacial score (nSPS) is 12.2. The Morgan fingerprint density at radius 1 is 1.50 bits per heavy atom. The Bertz CT molecular complexity index is 485. The predicted octanol–water partition coefficient (Wildman–Crippen LogP) is 0.951. The Labute approximate surface area is 118 Å². The number of aromatic nitrogens is 1. The number of nitrogens with two attached hydrogens (primary N) is 1. The van der Waals surface area contributed by atoms with E-state index >= 15 is 0 Å². The van der Waals surface area contributed by atoms with Crippen LogP contribution in [0.5, 0.6) is 0 Å². The first kappa shape index (κ1) is 16.4. The molecule has 0 aromatic carbocycles. The Balaban J connectivity index is 2.67. The van der Waals surface area contributed by atoms with Crippen molar-refractivity contribution in [2.45, 2.75) is 38.8 Å². The molecule has 1 aromatic heterocycles. The topological polar surface area (TPSA) is 86.4 Å². The molecule has 1 aromatic rings. The fraction of sp³-hybridized carbons (Fsp3) is 0.571. The number of pyridine rings is 1. The molecule has 0 aliphatic heterocycles. The van der Waals surface area contributed by atoms with E-state index in [0.717, 1.165) is 12.8 Å². The molecule has 0 fully saturated rings. The van der Waals surface area contributed by atoms with Gasteiger partial charge in [-0.1, -0.05) is 19.8 Å². The van der Waals surface area contributed by atoms with Crippen molar-refractivity contribution in [2.24, 2.45) is 5.73 Å². The second-order valence-electron chi connectivity index (χ2n) is 4.68. The van der Waals surface area contributed by atoms with Gasteiger partial charge in [-0.3, -0.25) is 9.59 Å². The lowest BCUT2D eigenvalue weighted by Crippen LogP contribution is -2.35. The molecule has 0 saturated carbocycles. The number of ether oxygens (including phenoxy) is 1. The van der Waals surface area contributed by atoms with Crippen LogP contribution in [-0.4, -0.2) is 30.2 Å². The number of nitrogens with zero attached hydrogens (tertiary/aromatic N) is 1. The highest BCUT2D eigenvalue weighted by Gasteiger charge is 2.13. The molecule has 112 valence electrons. The maximum atomic E-state index is 11.9. The zero-order valence-corrected chi connectivity index (χ0v) is 12.1. The van der Waals surface area contributed by atoms with Crippen molar-refractivity contribution in [2.75, 3.05) is 19.0 Å². The first-order chi connectivity index (χ1) is 9.58. The van der Waals surface area contributed by atoms with Gasteiger partial charge in [0, 0.05) is 25.9 Å². The van der Waals surface area contributed by atoms with Gasteiger partial charge in [0.05, 0.1) is 18.3 Å². The molecule has 3 N–H and O–H groups in total. The summed E-state index contributed by atoms with van der Waals surface area (Å²) in [5.74, 6) is -0.226. The zero-order valence-electron chi connectivity index (χ0n) is 12.1. The van der Waals surface area contributed by atoms with Crippen LogP contribution in [0, 0.1) is 0 Å². The molecule has 0 radical (unpaired) electrons. The second kappa shape index (κ2) is 8.50. The molecule has 6 nitrogen and oxygen atoms in total. The fourth-order valence-corrected chi connectivity index (χ4v) is 1.76. The van der Waals surface area contributed by atoms with Crippen LogP contribution in [-0.2, 0) is 16.1 Å². The maximum Gasteiger partial charge on any atom is 0.250 e. The van der Waals surface area contributed by atoms with Gasteiger partial charge in [0.15, 0.2) is 0 Å². The van der Waals surface area contributed by atoms with Gasteiger partial charge in [-0.15, -0.1) is 0 Å². The number of nitrogens with one attached hydrogen (secondary N) is 1. The van der Waals surface area contributed by atoms with E-state index in [9.17, 15) is 9.59 Å². The Kier molecular flexibility index (Phi) is 6.97. The SMILES string of the molecule is CCCCC(N)C(=O)Nc1ccc(=O)n(CCOC)c1. The molecule has 1 rings (SSSR count). The van der Waals surface area contributed by atoms with E-state index < -0.39 is 6.04 Å². The predicted molar refractivity (Wildman–Crippen MR) is 78.7 cm³/mol. The number of anilines is 1. The van der Waals surface area contributed by atoms with Gasteiger partial charge in [-0.05, 0) is 12.5 Å². The summed E-state index contributed by atoms with van der Waals surface area (Å²) in [6.45, 7) is 2.94. The minimum Gasteiger partial charge on any atom is -0.383 e. The lowest BCUT2D eigenvalue weighted by Gasteiger charge is -2.13. The Morgan fingerprint density at radius 3 is 2.90 bits per heavy atom. The van der Waals surface area contributed by atoms with Gasteiger partial charge < -0.3 is 20.4 Å². The van der Waals surface area contributed by atoms with Gasteiger partial charge >= 0.3 is 0 Å². The highest BCUT2D eigenvalue weighted by Crippen LogP contribution is 2.06. The lowest BCUT2D eigenvalue weighted by molar-refractivity contribution is -0.117. The summed E-state index contributed by atoms with van der Waals surface area (Å²) >= 11 is 0. The van der Waals surface area contributed by atoms with E-state index in [2.05, 4.69) is 12.2 Å². The second-order valence-corrected chi connectivity index (χ2v) is 4.68. The van der Waals surface area contributed by atoms with Gasteiger partial charge in [0.1, 0.15) is 0 Å². The van der Waals surface area contributed by atoms with Crippen molar-refractivity contribution in [3.8, 4) is 0 Å². The first-order valence-corrected chi connectivity index (χ1v) is 6.84. The quantitative estimate of drug-likeness (QED) is 0.743. The van der Waals surface area contributed by atoms with Crippen molar-refractivity contribution in [1.82, 2.24) is 4.57 Å². The summed E-state index contributed by atoms with van der Waals surface area (Å²) in [7, 11) is 1.57. The van der Waals surface area contributed by atoms with Crippen molar-refractivity contribution in [3.63, 3.8) is 0 Å². The van der Waals surface area contributed by atoms with E-state index in [1.165, 1.54) is 10.6 Å². The lowest BCUT2D eigenvalue weighted by atomic mass is 10.1. The number of hydrogen-bond donors (Lipinski definition) is 2. The molecule has 1 heterocycles. The third-order valence-electron chi connectivity index (χ3n) is 2.99. The van der Waals surface area contributed by atoms with Crippen LogP contribution in [0.15, 0.2) is 23.1 Å². The molecule has 1 amide bonds. The molecule has 0 bridgehead atoms. The molecule has 1 atom stereocenters. The number of methoxy groups -OCH3 is 1. The van der Waals surface area contributed by atoms with Crippen LogP contribution in [0.1, 0.15) is 26.2 Å². The van der Waals surface area contributed by atoms with E-state index in [1.807, 2.05) is 0 Å². The fourth-order valence-electron chi connectivity index (χ4n) is 1.76. The van der Waals surface area contributed by atoms with Crippen LogP contribution in [0.3, 0.4) is 0 Å². The number of hydrogen-bond acceptors (Lipinski definition) is 4. The Morgan fingerprint density at radius 2 is 2.25 bits per heavy atom. The van der Waals surface area contributed by atoms with Crippen molar-refractivity contribution in [1.29, 1.82) is 0 Å². The van der Waals surface area contributed by atoms with Crippen LogP contribution >= 0.6 is 0 Å². The average Bonchev–Trinajstić information content (AvgIpc) is 2.45. The highest BCUT2D eigenvalue weighted by molar-refractivity contribution is 5.94. The van der Waals surface area contributed by atoms with E-state index in [0.29, 0.717) is 25.3 Å². The standard InChI is InChI=1S/C14H23N3O3/c1-3-4-5-12(15)14(19)16-11-6-7-13(18)17(10-11)8-9-20-2/h6-7,10,12H,3-5,8-9,15H2,1-2H3,(H,16,19). The minimum absolute atomic E-state index is 0.129. The van der Waals surface area contributed by atoms with Crippen molar-refractivity contribution < 1.29 is 9.53 Å². The molecule has 0 saturated heterocycles. The largest absolute Gasteiger partial charge is 0.383 e. The van der Waals surface area contributed by atoms with Crippen LogP contribution in [0.2, 0.25) is 0 Å². The molecular formula is C14H23N3O3. The summed E-state index contributed by atoms with van der Waals surface area (Å²) in [5.41, 5.74) is 6.24. The molecule has 0 aliphatic carbocycles. The molecular weight excluding hydrogens is 258 g/mol. The summed E-state index contributed by atoms with van der Waals surface area (Å²) in [5, 5.41) is 2.73. The smallest absolute Gasteiger partial charge is 0.250 e. The summed E-state index contributed by atoms with van der Waals surface area (Å²) in [6, 6.07) is 2.48. The van der Waals surface area contributed by atoms with Gasteiger partial charge in [0.25, 0.3) is 5.56 Å². The van der Waals surface area contributed by atoms with Crippen molar-refractivity contribution in [3.05, 3.63) is 28.7 Å². The van der Waals surface area contributed by atoms with E-state index in [4.69, 9.17) is 10.5 Å². The number of rotatable bonds is 8. The van der Waals surface area contributed by atoms with Gasteiger partial charge in [0.2, 0.25) is 5.91 Å². The molecule has 20 heavy (non-hydrogen) atoms. The monoisotopic (exact) mass is 281 g/mol. The number of carbonyl (C=O) groups excluding carboxylic acids is 1.